The molecule has 1 aliphatic rings. The molecule has 2 N–H and O–H groups in total. The molecule has 0 aromatic carbocycles. The fourth-order valence-electron chi connectivity index (χ4n) is 2.15. The van der Waals surface area contributed by atoms with Crippen LogP contribution >= 0.6 is 24.0 Å². The van der Waals surface area contributed by atoms with Gasteiger partial charge in [-0.25, -0.2) is 4.99 Å². The van der Waals surface area contributed by atoms with E-state index >= 15 is 0 Å². The van der Waals surface area contributed by atoms with Crippen molar-refractivity contribution >= 4 is 29.9 Å². The van der Waals surface area contributed by atoms with E-state index in [4.69, 9.17) is 10.5 Å². The smallest absolute Gasteiger partial charge is 0.191 e. The first-order valence-corrected chi connectivity index (χ1v) is 6.56. The largest absolute Gasteiger partial charge is 0.496 e. The summed E-state index contributed by atoms with van der Waals surface area (Å²) >= 11 is 0. The summed E-state index contributed by atoms with van der Waals surface area (Å²) in [6, 6.07) is 0.574. The average molecular weight is 390 g/mol. The van der Waals surface area contributed by atoms with Gasteiger partial charge in [0.1, 0.15) is 5.75 Å². The summed E-state index contributed by atoms with van der Waals surface area (Å²) in [7, 11) is 3.67. The summed E-state index contributed by atoms with van der Waals surface area (Å²) in [5, 5.41) is 0. The maximum absolute atomic E-state index is 5.97. The van der Waals surface area contributed by atoms with Crippen LogP contribution in [0.15, 0.2) is 11.2 Å². The Morgan fingerprint density at radius 3 is 2.70 bits per heavy atom. The fraction of sp³-hybridized carbons (Fsp3) is 0.571. The Morgan fingerprint density at radius 1 is 1.50 bits per heavy atom. The maximum Gasteiger partial charge on any atom is 0.191 e. The van der Waals surface area contributed by atoms with Gasteiger partial charge in [0.05, 0.1) is 19.3 Å². The van der Waals surface area contributed by atoms with Gasteiger partial charge in [0.15, 0.2) is 5.96 Å². The van der Waals surface area contributed by atoms with Gasteiger partial charge >= 0.3 is 0 Å². The van der Waals surface area contributed by atoms with Crippen LogP contribution in [0.3, 0.4) is 0 Å². The molecule has 0 unspecified atom stereocenters. The molecule has 0 amide bonds. The Hall–Kier alpha value is -1.05. The van der Waals surface area contributed by atoms with Crippen LogP contribution in [0.5, 0.6) is 5.75 Å². The van der Waals surface area contributed by atoms with E-state index in [1.807, 2.05) is 32.0 Å². The molecule has 1 fully saturated rings. The van der Waals surface area contributed by atoms with Crippen molar-refractivity contribution in [1.29, 1.82) is 0 Å². The van der Waals surface area contributed by atoms with Crippen LogP contribution in [0.1, 0.15) is 29.7 Å². The number of halogens is 1. The van der Waals surface area contributed by atoms with Gasteiger partial charge in [-0.05, 0) is 26.7 Å². The zero-order valence-corrected chi connectivity index (χ0v) is 14.8. The summed E-state index contributed by atoms with van der Waals surface area (Å²) in [5.74, 6) is 1.47. The molecular weight excluding hydrogens is 367 g/mol. The van der Waals surface area contributed by atoms with E-state index in [-0.39, 0.29) is 24.0 Å². The number of guanidine groups is 1. The third kappa shape index (κ3) is 3.74. The van der Waals surface area contributed by atoms with Gasteiger partial charge in [-0.2, -0.15) is 0 Å². The van der Waals surface area contributed by atoms with E-state index in [9.17, 15) is 0 Å². The Morgan fingerprint density at radius 2 is 2.15 bits per heavy atom. The van der Waals surface area contributed by atoms with Crippen molar-refractivity contribution in [2.24, 2.45) is 10.7 Å². The van der Waals surface area contributed by atoms with Crippen LogP contribution in [-0.4, -0.2) is 36.0 Å². The van der Waals surface area contributed by atoms with Crippen LogP contribution in [0.2, 0.25) is 0 Å². The quantitative estimate of drug-likeness (QED) is 0.487. The molecule has 5 nitrogen and oxygen atoms in total. The lowest BCUT2D eigenvalue weighted by molar-refractivity contribution is 0.407. The van der Waals surface area contributed by atoms with Gasteiger partial charge in [0.2, 0.25) is 0 Å². The topological polar surface area (TPSA) is 63.7 Å². The number of methoxy groups -OCH3 is 1. The highest BCUT2D eigenvalue weighted by molar-refractivity contribution is 14.0. The first-order chi connectivity index (χ1) is 9.04. The van der Waals surface area contributed by atoms with Crippen molar-refractivity contribution < 1.29 is 4.74 Å². The zero-order valence-electron chi connectivity index (χ0n) is 12.5. The van der Waals surface area contributed by atoms with Gasteiger partial charge in [0, 0.05) is 30.4 Å². The van der Waals surface area contributed by atoms with E-state index in [2.05, 4.69) is 9.98 Å². The minimum atomic E-state index is 0. The number of aryl methyl sites for hydroxylation is 1. The van der Waals surface area contributed by atoms with Crippen LogP contribution in [0.25, 0.3) is 0 Å². The third-order valence-electron chi connectivity index (χ3n) is 3.60. The molecule has 0 saturated heterocycles. The number of nitrogens with zero attached hydrogens (tertiary/aromatic N) is 3. The van der Waals surface area contributed by atoms with E-state index < -0.39 is 0 Å². The molecule has 1 aromatic heterocycles. The lowest BCUT2D eigenvalue weighted by Gasteiger charge is -2.17. The monoisotopic (exact) mass is 390 g/mol. The fourth-order valence-corrected chi connectivity index (χ4v) is 2.15. The Labute approximate surface area is 137 Å². The minimum absolute atomic E-state index is 0. The molecule has 1 heterocycles. The molecule has 6 heteroatoms. The van der Waals surface area contributed by atoms with E-state index in [1.165, 1.54) is 12.8 Å². The molecule has 112 valence electrons. The number of pyridine rings is 1. The first-order valence-electron chi connectivity index (χ1n) is 6.56. The predicted molar refractivity (Wildman–Crippen MR) is 91.8 cm³/mol. The van der Waals surface area contributed by atoms with Crippen molar-refractivity contribution in [2.75, 3.05) is 14.2 Å². The first kappa shape index (κ1) is 17.0. The minimum Gasteiger partial charge on any atom is -0.496 e. The number of aliphatic imine (C=N–C) groups is 1. The molecule has 20 heavy (non-hydrogen) atoms. The highest BCUT2D eigenvalue weighted by atomic mass is 127. The second kappa shape index (κ2) is 7.10. The van der Waals surface area contributed by atoms with Crippen molar-refractivity contribution in [3.05, 3.63) is 23.0 Å². The molecule has 0 radical (unpaired) electrons. The second-order valence-corrected chi connectivity index (χ2v) is 5.06. The molecule has 1 aromatic rings. The van der Waals surface area contributed by atoms with Gasteiger partial charge in [0.25, 0.3) is 0 Å². The van der Waals surface area contributed by atoms with Crippen LogP contribution < -0.4 is 10.5 Å². The lowest BCUT2D eigenvalue weighted by atomic mass is 10.1. The summed E-state index contributed by atoms with van der Waals surface area (Å²) in [6.45, 7) is 4.48. The third-order valence-corrected chi connectivity index (χ3v) is 3.60. The normalized spacial score (nSPS) is 14.7. The van der Waals surface area contributed by atoms with Gasteiger partial charge < -0.3 is 15.4 Å². The molecule has 0 spiro atoms. The highest BCUT2D eigenvalue weighted by Gasteiger charge is 2.27. The number of hydrogen-bond acceptors (Lipinski definition) is 3. The molecular formula is C14H23IN4O. The molecule has 0 aliphatic heterocycles. The van der Waals surface area contributed by atoms with Crippen molar-refractivity contribution in [2.45, 2.75) is 39.3 Å². The molecule has 1 aliphatic carbocycles. The summed E-state index contributed by atoms with van der Waals surface area (Å²) in [6.07, 6.45) is 4.24. The molecule has 0 bridgehead atoms. The molecule has 0 atom stereocenters. The molecule has 1 saturated carbocycles. The maximum atomic E-state index is 5.97. The number of hydrogen-bond donors (Lipinski definition) is 1. The summed E-state index contributed by atoms with van der Waals surface area (Å²) in [4.78, 5) is 10.9. The Balaban J connectivity index is 0.00000200. The molecule has 2 rings (SSSR count). The zero-order chi connectivity index (χ0) is 14.0. The van der Waals surface area contributed by atoms with Crippen LogP contribution in [0.4, 0.5) is 0 Å². The average Bonchev–Trinajstić information content (AvgIpc) is 3.21. The summed E-state index contributed by atoms with van der Waals surface area (Å²) < 4.78 is 5.39. The van der Waals surface area contributed by atoms with Crippen molar-refractivity contribution in [3.63, 3.8) is 0 Å². The van der Waals surface area contributed by atoms with E-state index in [0.717, 1.165) is 22.6 Å². The standard InChI is InChI=1S/C14H22N4O.HI/c1-9-7-16-12(10(2)13(9)19-4)8-17-14(15)18(3)11-5-6-11;/h7,11H,5-6,8H2,1-4H3,(H2,15,17);1H. The van der Waals surface area contributed by atoms with Crippen LogP contribution in [-0.2, 0) is 6.54 Å². The number of nitrogens with two attached hydrogens (primary N) is 1. The predicted octanol–water partition coefficient (Wildman–Crippen LogP) is 2.23. The van der Waals surface area contributed by atoms with Crippen LogP contribution in [0, 0.1) is 13.8 Å². The van der Waals surface area contributed by atoms with Gasteiger partial charge in [-0.15, -0.1) is 24.0 Å². The second-order valence-electron chi connectivity index (χ2n) is 5.06. The lowest BCUT2D eigenvalue weighted by Crippen LogP contribution is -2.35. The van der Waals surface area contributed by atoms with E-state index in [0.29, 0.717) is 18.5 Å². The summed E-state index contributed by atoms with van der Waals surface area (Å²) in [5.41, 5.74) is 8.96. The van der Waals surface area contributed by atoms with E-state index in [1.54, 1.807) is 7.11 Å². The van der Waals surface area contributed by atoms with Crippen molar-refractivity contribution in [1.82, 2.24) is 9.88 Å². The van der Waals surface area contributed by atoms with Gasteiger partial charge in [-0.1, -0.05) is 0 Å². The van der Waals surface area contributed by atoms with Crippen molar-refractivity contribution in [3.8, 4) is 5.75 Å². The number of ether oxygens (including phenoxy) is 1. The Kier molecular flexibility index (Phi) is 6.04. The highest BCUT2D eigenvalue weighted by Crippen LogP contribution is 2.26. The SMILES string of the molecule is COc1c(C)cnc(CN=C(N)N(C)C2CC2)c1C.I. The van der Waals surface area contributed by atoms with Gasteiger partial charge in [-0.3, -0.25) is 4.98 Å². The number of rotatable bonds is 4. The number of aromatic nitrogens is 1. The Bertz CT molecular complexity index is 500.